The molecule has 0 amide bonds. The molecule has 0 bridgehead atoms. The van der Waals surface area contributed by atoms with E-state index in [1.165, 1.54) is 6.07 Å². The number of nitrogens with two attached hydrogens (primary N) is 1. The van der Waals surface area contributed by atoms with Gasteiger partial charge in [-0.1, -0.05) is 0 Å². The average molecular weight is 260 g/mol. The first-order chi connectivity index (χ1) is 9.20. The fraction of sp³-hybridized carbons (Fsp3) is 0.0769. The fourth-order valence-electron chi connectivity index (χ4n) is 1.97. The maximum Gasteiger partial charge on any atom is 0.164 e. The third-order valence-corrected chi connectivity index (χ3v) is 2.85. The summed E-state index contributed by atoms with van der Waals surface area (Å²) in [4.78, 5) is 8.54. The number of hydrogen-bond donors (Lipinski definition) is 1. The smallest absolute Gasteiger partial charge is 0.164 e. The third-order valence-electron chi connectivity index (χ3n) is 2.85. The van der Waals surface area contributed by atoms with Crippen LogP contribution in [-0.4, -0.2) is 14.4 Å². The number of benzene rings is 1. The van der Waals surface area contributed by atoms with Crippen molar-refractivity contribution in [1.29, 1.82) is 0 Å². The number of halogens is 2. The summed E-state index contributed by atoms with van der Waals surface area (Å²) in [5, 5.41) is 0. The monoisotopic (exact) mass is 260 g/mol. The van der Waals surface area contributed by atoms with Crippen LogP contribution in [0.2, 0.25) is 0 Å². The highest BCUT2D eigenvalue weighted by molar-refractivity contribution is 5.74. The largest absolute Gasteiger partial charge is 0.324 e. The van der Waals surface area contributed by atoms with Crippen molar-refractivity contribution in [3.05, 3.63) is 54.1 Å². The van der Waals surface area contributed by atoms with Crippen molar-refractivity contribution >= 4 is 5.65 Å². The number of imidazole rings is 1. The van der Waals surface area contributed by atoms with Crippen molar-refractivity contribution in [1.82, 2.24) is 14.4 Å². The molecule has 0 radical (unpaired) electrons. The van der Waals surface area contributed by atoms with E-state index >= 15 is 0 Å². The minimum Gasteiger partial charge on any atom is -0.324 e. The van der Waals surface area contributed by atoms with Gasteiger partial charge in [-0.05, 0) is 24.3 Å². The van der Waals surface area contributed by atoms with E-state index in [1.807, 2.05) is 0 Å². The molecule has 0 saturated carbocycles. The summed E-state index contributed by atoms with van der Waals surface area (Å²) < 4.78 is 28.0. The minimum absolute atomic E-state index is 0.233. The zero-order chi connectivity index (χ0) is 13.4. The fourth-order valence-corrected chi connectivity index (χ4v) is 1.97. The summed E-state index contributed by atoms with van der Waals surface area (Å²) in [6.07, 6.45) is 3.39. The summed E-state index contributed by atoms with van der Waals surface area (Å²) in [7, 11) is 0. The first kappa shape index (κ1) is 11.7. The second kappa shape index (κ2) is 4.40. The van der Waals surface area contributed by atoms with E-state index in [1.54, 1.807) is 22.9 Å². The molecule has 0 aliphatic carbocycles. The predicted octanol–water partition coefficient (Wildman–Crippen LogP) is 2.13. The van der Waals surface area contributed by atoms with Crippen LogP contribution >= 0.6 is 0 Å². The maximum absolute atomic E-state index is 13.3. The van der Waals surface area contributed by atoms with Gasteiger partial charge in [-0.3, -0.25) is 4.40 Å². The standard InChI is InChI=1S/C13H10F2N4/c14-9-3-2-8(6-10(9)15)12-13-17-4-1-5-19(13)11(7-16)18-12/h1-6H,7,16H2. The van der Waals surface area contributed by atoms with Crippen molar-refractivity contribution < 1.29 is 8.78 Å². The molecule has 2 heterocycles. The molecule has 2 aromatic heterocycles. The van der Waals surface area contributed by atoms with Crippen molar-refractivity contribution in [3.63, 3.8) is 0 Å². The molecular weight excluding hydrogens is 250 g/mol. The molecule has 6 heteroatoms. The van der Waals surface area contributed by atoms with Gasteiger partial charge in [0.15, 0.2) is 17.3 Å². The Bertz CT molecular complexity index is 751. The molecule has 0 atom stereocenters. The highest BCUT2D eigenvalue weighted by Gasteiger charge is 2.14. The molecule has 3 aromatic rings. The highest BCUT2D eigenvalue weighted by Crippen LogP contribution is 2.24. The van der Waals surface area contributed by atoms with E-state index in [4.69, 9.17) is 5.73 Å². The van der Waals surface area contributed by atoms with Crippen molar-refractivity contribution in [2.45, 2.75) is 6.54 Å². The van der Waals surface area contributed by atoms with Crippen LogP contribution in [0.25, 0.3) is 16.9 Å². The van der Waals surface area contributed by atoms with Crippen LogP contribution in [0.5, 0.6) is 0 Å². The lowest BCUT2D eigenvalue weighted by Gasteiger charge is -1.99. The molecule has 96 valence electrons. The number of aromatic nitrogens is 3. The van der Waals surface area contributed by atoms with Crippen LogP contribution in [0.15, 0.2) is 36.7 Å². The van der Waals surface area contributed by atoms with E-state index in [9.17, 15) is 8.78 Å². The SMILES string of the molecule is NCc1nc(-c2ccc(F)c(F)c2)c2ncccn12. The molecule has 0 spiro atoms. The highest BCUT2D eigenvalue weighted by atomic mass is 19.2. The Morgan fingerprint density at radius 3 is 2.79 bits per heavy atom. The van der Waals surface area contributed by atoms with E-state index < -0.39 is 11.6 Å². The summed E-state index contributed by atoms with van der Waals surface area (Å²) in [6, 6.07) is 5.39. The number of fused-ring (bicyclic) bond motifs is 1. The van der Waals surface area contributed by atoms with Crippen LogP contribution in [-0.2, 0) is 6.54 Å². The van der Waals surface area contributed by atoms with Gasteiger partial charge >= 0.3 is 0 Å². The van der Waals surface area contributed by atoms with Crippen LogP contribution in [0.1, 0.15) is 5.82 Å². The van der Waals surface area contributed by atoms with Gasteiger partial charge in [-0.15, -0.1) is 0 Å². The molecule has 2 N–H and O–H groups in total. The molecule has 0 saturated heterocycles. The van der Waals surface area contributed by atoms with Crippen molar-refractivity contribution in [2.24, 2.45) is 5.73 Å². The van der Waals surface area contributed by atoms with E-state index in [0.29, 0.717) is 22.7 Å². The second-order valence-electron chi connectivity index (χ2n) is 4.02. The van der Waals surface area contributed by atoms with Gasteiger partial charge in [0.05, 0.1) is 6.54 Å². The molecular formula is C13H10F2N4. The molecule has 19 heavy (non-hydrogen) atoms. The van der Waals surface area contributed by atoms with Gasteiger partial charge in [0.1, 0.15) is 11.5 Å². The Morgan fingerprint density at radius 1 is 1.21 bits per heavy atom. The molecule has 3 rings (SSSR count). The zero-order valence-corrected chi connectivity index (χ0v) is 9.85. The first-order valence-electron chi connectivity index (χ1n) is 5.68. The lowest BCUT2D eigenvalue weighted by Crippen LogP contribution is -2.02. The van der Waals surface area contributed by atoms with Gasteiger partial charge in [0, 0.05) is 18.0 Å². The normalized spacial score (nSPS) is 11.1. The summed E-state index contributed by atoms with van der Waals surface area (Å²) in [6.45, 7) is 0.233. The second-order valence-corrected chi connectivity index (χ2v) is 4.02. The third kappa shape index (κ3) is 1.86. The van der Waals surface area contributed by atoms with E-state index in [0.717, 1.165) is 12.1 Å². The van der Waals surface area contributed by atoms with Gasteiger partial charge in [-0.25, -0.2) is 18.7 Å². The molecule has 0 aliphatic heterocycles. The van der Waals surface area contributed by atoms with Crippen LogP contribution in [0.3, 0.4) is 0 Å². The maximum atomic E-state index is 13.3. The van der Waals surface area contributed by atoms with Crippen LogP contribution in [0.4, 0.5) is 8.78 Å². The van der Waals surface area contributed by atoms with Gasteiger partial charge in [-0.2, -0.15) is 0 Å². The molecule has 0 unspecified atom stereocenters. The number of hydrogen-bond acceptors (Lipinski definition) is 3. The van der Waals surface area contributed by atoms with Crippen molar-refractivity contribution in [3.8, 4) is 11.3 Å². The predicted molar refractivity (Wildman–Crippen MR) is 66.2 cm³/mol. The van der Waals surface area contributed by atoms with Gasteiger partial charge < -0.3 is 5.73 Å². The molecule has 0 aliphatic rings. The number of nitrogens with zero attached hydrogens (tertiary/aromatic N) is 3. The lowest BCUT2D eigenvalue weighted by molar-refractivity contribution is 0.509. The molecule has 1 aromatic carbocycles. The van der Waals surface area contributed by atoms with Gasteiger partial charge in [0.2, 0.25) is 0 Å². The summed E-state index contributed by atoms with van der Waals surface area (Å²) >= 11 is 0. The minimum atomic E-state index is -0.913. The van der Waals surface area contributed by atoms with Crippen LogP contribution < -0.4 is 5.73 Å². The molecule has 0 fully saturated rings. The Labute approximate surface area is 107 Å². The van der Waals surface area contributed by atoms with Gasteiger partial charge in [0.25, 0.3) is 0 Å². The Hall–Kier alpha value is -2.34. The lowest BCUT2D eigenvalue weighted by atomic mass is 10.1. The summed E-state index contributed by atoms with van der Waals surface area (Å²) in [5.74, 6) is -1.19. The van der Waals surface area contributed by atoms with E-state index in [2.05, 4.69) is 9.97 Å². The summed E-state index contributed by atoms with van der Waals surface area (Å²) in [5.41, 5.74) is 7.13. The Kier molecular flexibility index (Phi) is 2.72. The van der Waals surface area contributed by atoms with Crippen molar-refractivity contribution in [2.75, 3.05) is 0 Å². The quantitative estimate of drug-likeness (QED) is 0.768. The first-order valence-corrected chi connectivity index (χ1v) is 5.68. The molecule has 4 nitrogen and oxygen atoms in total. The zero-order valence-electron chi connectivity index (χ0n) is 9.85. The van der Waals surface area contributed by atoms with Crippen LogP contribution in [0, 0.1) is 11.6 Å². The van der Waals surface area contributed by atoms with E-state index in [-0.39, 0.29) is 6.54 Å². The Balaban J connectivity index is 2.27. The average Bonchev–Trinajstić information content (AvgIpc) is 2.81. The Morgan fingerprint density at radius 2 is 2.05 bits per heavy atom. The topological polar surface area (TPSA) is 56.2 Å². The number of rotatable bonds is 2.